The van der Waals surface area contributed by atoms with Gasteiger partial charge in [0, 0.05) is 16.5 Å². The van der Waals surface area contributed by atoms with Crippen molar-refractivity contribution in [2.45, 2.75) is 26.4 Å². The van der Waals surface area contributed by atoms with Crippen molar-refractivity contribution in [1.29, 1.82) is 0 Å². The van der Waals surface area contributed by atoms with Crippen molar-refractivity contribution in [1.82, 2.24) is 5.32 Å². The number of hydrogen-bond donors (Lipinski definition) is 1. The van der Waals surface area contributed by atoms with E-state index in [-0.39, 0.29) is 12.0 Å². The van der Waals surface area contributed by atoms with Gasteiger partial charge >= 0.3 is 0 Å². The predicted molar refractivity (Wildman–Crippen MR) is 78.0 cm³/mol. The van der Waals surface area contributed by atoms with Crippen LogP contribution in [-0.4, -0.2) is 23.0 Å². The van der Waals surface area contributed by atoms with Gasteiger partial charge in [-0.2, -0.15) is 0 Å². The zero-order chi connectivity index (χ0) is 12.7. The number of nitrogens with one attached hydrogen (secondary N) is 1. The maximum absolute atomic E-state index is 11.8. The lowest BCUT2D eigenvalue weighted by atomic mass is 10.2. The van der Waals surface area contributed by atoms with E-state index in [4.69, 9.17) is 4.74 Å². The summed E-state index contributed by atoms with van der Waals surface area (Å²) in [6.45, 7) is 4.65. The Morgan fingerprint density at radius 3 is 2.88 bits per heavy atom. The first kappa shape index (κ1) is 14.3. The molecule has 1 rings (SSSR count). The molecule has 1 amide bonds. The molecule has 0 aromatic heterocycles. The molecule has 0 aliphatic rings. The van der Waals surface area contributed by atoms with Gasteiger partial charge in [0.25, 0.3) is 5.91 Å². The Kier molecular flexibility index (Phi) is 6.32. The van der Waals surface area contributed by atoms with Gasteiger partial charge in [-0.05, 0) is 38.5 Å². The van der Waals surface area contributed by atoms with Crippen LogP contribution in [0.4, 0.5) is 0 Å². The highest BCUT2D eigenvalue weighted by atomic mass is 127. The van der Waals surface area contributed by atoms with Crippen LogP contribution in [0.15, 0.2) is 24.3 Å². The Morgan fingerprint density at radius 2 is 2.24 bits per heavy atom. The van der Waals surface area contributed by atoms with Crippen molar-refractivity contribution in [2.75, 3.05) is 11.0 Å². The number of halogens is 1. The molecule has 94 valence electrons. The van der Waals surface area contributed by atoms with Crippen molar-refractivity contribution in [3.8, 4) is 5.75 Å². The van der Waals surface area contributed by atoms with Crippen molar-refractivity contribution in [3.05, 3.63) is 29.8 Å². The molecule has 1 N–H and O–H groups in total. The summed E-state index contributed by atoms with van der Waals surface area (Å²) in [5.41, 5.74) is 0.650. The smallest absolute Gasteiger partial charge is 0.251 e. The summed E-state index contributed by atoms with van der Waals surface area (Å²) in [6.07, 6.45) is 1.11. The average molecular weight is 347 g/mol. The Bertz CT molecular complexity index is 366. The second kappa shape index (κ2) is 7.53. The molecule has 3 nitrogen and oxygen atoms in total. The van der Waals surface area contributed by atoms with Crippen LogP contribution >= 0.6 is 22.6 Å². The van der Waals surface area contributed by atoms with E-state index in [1.807, 2.05) is 26.0 Å². The molecule has 0 spiro atoms. The van der Waals surface area contributed by atoms with Gasteiger partial charge in [-0.15, -0.1) is 0 Å². The van der Waals surface area contributed by atoms with Crippen LogP contribution in [0.5, 0.6) is 5.75 Å². The minimum atomic E-state index is -0.0379. The first-order valence-corrected chi connectivity index (χ1v) is 7.27. The number of hydrogen-bond acceptors (Lipinski definition) is 2. The lowest BCUT2D eigenvalue weighted by Gasteiger charge is -2.10. The summed E-state index contributed by atoms with van der Waals surface area (Å²) < 4.78 is 6.60. The molecule has 0 atom stereocenters. The summed E-state index contributed by atoms with van der Waals surface area (Å²) in [6, 6.07) is 7.28. The summed E-state index contributed by atoms with van der Waals surface area (Å²) in [4.78, 5) is 11.8. The number of carbonyl (C=O) groups excluding carboxylic acids is 1. The van der Waals surface area contributed by atoms with Crippen LogP contribution in [0.25, 0.3) is 0 Å². The molecule has 0 aliphatic carbocycles. The Labute approximate surface area is 116 Å². The zero-order valence-corrected chi connectivity index (χ0v) is 12.4. The van der Waals surface area contributed by atoms with Gasteiger partial charge in [-0.3, -0.25) is 4.79 Å². The lowest BCUT2D eigenvalue weighted by Crippen LogP contribution is -2.24. The molecular weight excluding hydrogens is 329 g/mol. The van der Waals surface area contributed by atoms with Gasteiger partial charge in [0.15, 0.2) is 0 Å². The maximum atomic E-state index is 11.8. The molecule has 0 fully saturated rings. The number of carbonyl (C=O) groups is 1. The van der Waals surface area contributed by atoms with E-state index in [9.17, 15) is 4.79 Å². The highest BCUT2D eigenvalue weighted by molar-refractivity contribution is 14.1. The summed E-state index contributed by atoms with van der Waals surface area (Å²) >= 11 is 2.30. The van der Waals surface area contributed by atoms with E-state index < -0.39 is 0 Å². The van der Waals surface area contributed by atoms with Gasteiger partial charge in [-0.25, -0.2) is 0 Å². The fraction of sp³-hybridized carbons (Fsp3) is 0.462. The number of amides is 1. The van der Waals surface area contributed by atoms with Crippen molar-refractivity contribution < 1.29 is 9.53 Å². The van der Waals surface area contributed by atoms with Gasteiger partial charge < -0.3 is 10.1 Å². The SMILES string of the molecule is CC(C)Oc1cccc(C(=O)NCCCI)c1. The fourth-order valence-corrected chi connectivity index (χ4v) is 1.74. The molecule has 0 saturated carbocycles. The molecule has 17 heavy (non-hydrogen) atoms. The molecule has 0 bridgehead atoms. The number of ether oxygens (including phenoxy) is 1. The molecule has 0 heterocycles. The van der Waals surface area contributed by atoms with Crippen LogP contribution in [0.2, 0.25) is 0 Å². The topological polar surface area (TPSA) is 38.3 Å². The third-order valence-corrected chi connectivity index (χ3v) is 2.83. The van der Waals surface area contributed by atoms with Gasteiger partial charge in [0.05, 0.1) is 6.10 Å². The Hall–Kier alpha value is -0.780. The van der Waals surface area contributed by atoms with Gasteiger partial charge in [-0.1, -0.05) is 28.7 Å². The highest BCUT2D eigenvalue weighted by Crippen LogP contribution is 2.14. The van der Waals surface area contributed by atoms with E-state index in [1.165, 1.54) is 0 Å². The molecule has 1 aromatic rings. The first-order chi connectivity index (χ1) is 8.13. The Balaban J connectivity index is 2.60. The fourth-order valence-electron chi connectivity index (χ4n) is 1.35. The largest absolute Gasteiger partial charge is 0.491 e. The van der Waals surface area contributed by atoms with Gasteiger partial charge in [0.1, 0.15) is 5.75 Å². The second-order valence-electron chi connectivity index (χ2n) is 3.99. The van der Waals surface area contributed by atoms with Crippen LogP contribution in [0.3, 0.4) is 0 Å². The van der Waals surface area contributed by atoms with Crippen LogP contribution < -0.4 is 10.1 Å². The van der Waals surface area contributed by atoms with E-state index in [1.54, 1.807) is 12.1 Å². The van der Waals surface area contributed by atoms with Crippen molar-refractivity contribution in [3.63, 3.8) is 0 Å². The van der Waals surface area contributed by atoms with E-state index >= 15 is 0 Å². The summed E-state index contributed by atoms with van der Waals surface area (Å²) in [5, 5.41) is 2.88. The van der Waals surface area contributed by atoms with Gasteiger partial charge in [0.2, 0.25) is 0 Å². The Morgan fingerprint density at radius 1 is 1.47 bits per heavy atom. The highest BCUT2D eigenvalue weighted by Gasteiger charge is 2.06. The third kappa shape index (κ3) is 5.39. The normalized spacial score (nSPS) is 10.4. The van der Waals surface area contributed by atoms with Crippen LogP contribution in [0, 0.1) is 0 Å². The van der Waals surface area contributed by atoms with Crippen LogP contribution in [0.1, 0.15) is 30.6 Å². The predicted octanol–water partition coefficient (Wildman–Crippen LogP) is 3.03. The standard InChI is InChI=1S/C13H18INO2/c1-10(2)17-12-6-3-5-11(9-12)13(16)15-8-4-7-14/h3,5-6,9-10H,4,7-8H2,1-2H3,(H,15,16). The summed E-state index contributed by atoms with van der Waals surface area (Å²) in [5.74, 6) is 0.700. The number of rotatable bonds is 6. The lowest BCUT2D eigenvalue weighted by molar-refractivity contribution is 0.0953. The average Bonchev–Trinajstić information content (AvgIpc) is 2.28. The van der Waals surface area contributed by atoms with Crippen molar-refractivity contribution >= 4 is 28.5 Å². The maximum Gasteiger partial charge on any atom is 0.251 e. The molecule has 4 heteroatoms. The van der Waals surface area contributed by atoms with E-state index in [0.717, 1.165) is 23.1 Å². The summed E-state index contributed by atoms with van der Waals surface area (Å²) in [7, 11) is 0. The first-order valence-electron chi connectivity index (χ1n) is 5.74. The molecular formula is C13H18INO2. The number of alkyl halides is 1. The van der Waals surface area contributed by atoms with Crippen LogP contribution in [-0.2, 0) is 0 Å². The molecule has 0 saturated heterocycles. The van der Waals surface area contributed by atoms with E-state index in [2.05, 4.69) is 27.9 Å². The zero-order valence-electron chi connectivity index (χ0n) is 10.2. The quantitative estimate of drug-likeness (QED) is 0.488. The van der Waals surface area contributed by atoms with E-state index in [0.29, 0.717) is 5.56 Å². The molecule has 0 unspecified atom stereocenters. The number of benzene rings is 1. The molecule has 0 radical (unpaired) electrons. The second-order valence-corrected chi connectivity index (χ2v) is 5.07. The third-order valence-electron chi connectivity index (χ3n) is 2.06. The molecule has 0 aliphatic heterocycles. The minimum Gasteiger partial charge on any atom is -0.491 e. The van der Waals surface area contributed by atoms with Crippen molar-refractivity contribution in [2.24, 2.45) is 0 Å². The minimum absolute atomic E-state index is 0.0379. The monoisotopic (exact) mass is 347 g/mol. The molecule has 1 aromatic carbocycles.